The second-order valence-corrected chi connectivity index (χ2v) is 6.02. The molecule has 0 aliphatic carbocycles. The summed E-state index contributed by atoms with van der Waals surface area (Å²) in [5.41, 5.74) is 1.33. The Morgan fingerprint density at radius 2 is 1.50 bits per heavy atom. The van der Waals surface area contributed by atoms with Gasteiger partial charge in [-0.3, -0.25) is 0 Å². The van der Waals surface area contributed by atoms with E-state index in [0.29, 0.717) is 0 Å². The maximum atomic E-state index is 9.23. The van der Waals surface area contributed by atoms with E-state index >= 15 is 0 Å². The summed E-state index contributed by atoms with van der Waals surface area (Å²) in [6, 6.07) is 8.04. The standard InChI is InChI=1S/C19H32O3/c1-2-3-4-5-6-7-8-9-10-17-11-13-19(14-12-17)22-16-18(21)15-20/h11-14,18,20-21H,2-10,15-16H2,1H3/t18-/m0/s1. The van der Waals surface area contributed by atoms with Gasteiger partial charge in [0.25, 0.3) is 0 Å². The molecule has 1 aromatic carbocycles. The summed E-state index contributed by atoms with van der Waals surface area (Å²) in [4.78, 5) is 0. The zero-order chi connectivity index (χ0) is 16.0. The number of hydrogen-bond donors (Lipinski definition) is 2. The van der Waals surface area contributed by atoms with E-state index in [1.807, 2.05) is 12.1 Å². The maximum absolute atomic E-state index is 9.23. The largest absolute Gasteiger partial charge is 0.491 e. The van der Waals surface area contributed by atoms with Crippen molar-refractivity contribution in [2.45, 2.75) is 70.8 Å². The minimum Gasteiger partial charge on any atom is -0.491 e. The van der Waals surface area contributed by atoms with E-state index in [9.17, 15) is 5.11 Å². The third-order valence-corrected chi connectivity index (χ3v) is 3.90. The first-order chi connectivity index (χ1) is 10.8. The van der Waals surface area contributed by atoms with Crippen molar-refractivity contribution in [2.24, 2.45) is 0 Å². The van der Waals surface area contributed by atoms with Crippen molar-refractivity contribution >= 4 is 0 Å². The van der Waals surface area contributed by atoms with Gasteiger partial charge in [-0.2, -0.15) is 0 Å². The molecule has 0 amide bonds. The summed E-state index contributed by atoms with van der Waals surface area (Å²) in [5, 5.41) is 18.0. The molecule has 0 aromatic heterocycles. The highest BCUT2D eigenvalue weighted by molar-refractivity contribution is 5.27. The van der Waals surface area contributed by atoms with E-state index in [1.165, 1.54) is 56.9 Å². The van der Waals surface area contributed by atoms with Crippen molar-refractivity contribution in [1.29, 1.82) is 0 Å². The van der Waals surface area contributed by atoms with Crippen LogP contribution in [-0.4, -0.2) is 29.5 Å². The molecule has 0 fully saturated rings. The average Bonchev–Trinajstić information content (AvgIpc) is 2.56. The molecule has 22 heavy (non-hydrogen) atoms. The van der Waals surface area contributed by atoms with Crippen LogP contribution in [0.4, 0.5) is 0 Å². The summed E-state index contributed by atoms with van der Waals surface area (Å²) >= 11 is 0. The fourth-order valence-electron chi connectivity index (χ4n) is 2.46. The molecule has 0 saturated heterocycles. The van der Waals surface area contributed by atoms with E-state index in [-0.39, 0.29) is 13.2 Å². The van der Waals surface area contributed by atoms with Crippen molar-refractivity contribution in [3.8, 4) is 5.75 Å². The van der Waals surface area contributed by atoms with Crippen molar-refractivity contribution in [1.82, 2.24) is 0 Å². The van der Waals surface area contributed by atoms with Crippen LogP contribution in [0.25, 0.3) is 0 Å². The van der Waals surface area contributed by atoms with Crippen LogP contribution in [-0.2, 0) is 6.42 Å². The Labute approximate surface area is 135 Å². The lowest BCUT2D eigenvalue weighted by molar-refractivity contribution is 0.0536. The zero-order valence-electron chi connectivity index (χ0n) is 14.0. The summed E-state index contributed by atoms with van der Waals surface area (Å²) in [7, 11) is 0. The lowest BCUT2D eigenvalue weighted by Gasteiger charge is -2.10. The van der Waals surface area contributed by atoms with Crippen LogP contribution in [0, 0.1) is 0 Å². The van der Waals surface area contributed by atoms with Gasteiger partial charge in [0.15, 0.2) is 0 Å². The molecule has 0 heterocycles. The van der Waals surface area contributed by atoms with Gasteiger partial charge in [-0.05, 0) is 30.5 Å². The summed E-state index contributed by atoms with van der Waals surface area (Å²) in [6.45, 7) is 2.12. The Morgan fingerprint density at radius 1 is 0.909 bits per heavy atom. The van der Waals surface area contributed by atoms with Crippen molar-refractivity contribution in [2.75, 3.05) is 13.2 Å². The molecule has 2 N–H and O–H groups in total. The van der Waals surface area contributed by atoms with E-state index in [2.05, 4.69) is 19.1 Å². The predicted molar refractivity (Wildman–Crippen MR) is 91.3 cm³/mol. The van der Waals surface area contributed by atoms with Gasteiger partial charge >= 0.3 is 0 Å². The highest BCUT2D eigenvalue weighted by atomic mass is 16.5. The molecule has 0 aliphatic heterocycles. The quantitative estimate of drug-likeness (QED) is 0.539. The second-order valence-electron chi connectivity index (χ2n) is 6.02. The smallest absolute Gasteiger partial charge is 0.119 e. The number of hydrogen-bond acceptors (Lipinski definition) is 3. The van der Waals surface area contributed by atoms with Crippen LogP contribution in [0.5, 0.6) is 5.75 Å². The number of ether oxygens (including phenoxy) is 1. The molecule has 0 aliphatic rings. The topological polar surface area (TPSA) is 49.7 Å². The molecule has 0 radical (unpaired) electrons. The van der Waals surface area contributed by atoms with Gasteiger partial charge in [-0.1, -0.05) is 64.0 Å². The van der Waals surface area contributed by atoms with Gasteiger partial charge in [0, 0.05) is 0 Å². The molecule has 3 heteroatoms. The monoisotopic (exact) mass is 308 g/mol. The molecule has 1 atom stereocenters. The van der Waals surface area contributed by atoms with Crippen LogP contribution < -0.4 is 4.74 Å². The first kappa shape index (κ1) is 19.0. The third kappa shape index (κ3) is 9.06. The van der Waals surface area contributed by atoms with Crippen molar-refractivity contribution in [3.63, 3.8) is 0 Å². The van der Waals surface area contributed by atoms with Crippen LogP contribution >= 0.6 is 0 Å². The van der Waals surface area contributed by atoms with Crippen LogP contribution in [0.15, 0.2) is 24.3 Å². The number of aliphatic hydroxyl groups is 2. The van der Waals surface area contributed by atoms with Gasteiger partial charge < -0.3 is 14.9 Å². The minimum absolute atomic E-state index is 0.133. The number of aliphatic hydroxyl groups excluding tert-OH is 2. The van der Waals surface area contributed by atoms with E-state index < -0.39 is 6.10 Å². The Morgan fingerprint density at radius 3 is 2.09 bits per heavy atom. The number of aryl methyl sites for hydroxylation is 1. The normalized spacial score (nSPS) is 12.3. The number of rotatable bonds is 13. The van der Waals surface area contributed by atoms with Crippen molar-refractivity contribution < 1.29 is 14.9 Å². The maximum Gasteiger partial charge on any atom is 0.119 e. The molecule has 0 spiro atoms. The predicted octanol–water partition coefficient (Wildman–Crippen LogP) is 4.10. The Kier molecular flexibility index (Phi) is 10.8. The molecule has 0 saturated carbocycles. The molecular weight excluding hydrogens is 276 g/mol. The van der Waals surface area contributed by atoms with E-state index in [4.69, 9.17) is 9.84 Å². The Hall–Kier alpha value is -1.06. The van der Waals surface area contributed by atoms with Gasteiger partial charge in [-0.25, -0.2) is 0 Å². The fourth-order valence-corrected chi connectivity index (χ4v) is 2.46. The molecule has 126 valence electrons. The Balaban J connectivity index is 2.09. The summed E-state index contributed by atoms with van der Waals surface area (Å²) in [5.74, 6) is 0.743. The first-order valence-corrected chi connectivity index (χ1v) is 8.77. The van der Waals surface area contributed by atoms with E-state index in [0.717, 1.165) is 12.2 Å². The molecule has 3 nitrogen and oxygen atoms in total. The highest BCUT2D eigenvalue weighted by Gasteiger charge is 2.03. The lowest BCUT2D eigenvalue weighted by atomic mass is 10.0. The van der Waals surface area contributed by atoms with Crippen molar-refractivity contribution in [3.05, 3.63) is 29.8 Å². The van der Waals surface area contributed by atoms with Gasteiger partial charge in [-0.15, -0.1) is 0 Å². The molecule has 1 aromatic rings. The van der Waals surface area contributed by atoms with Crippen LogP contribution in [0.2, 0.25) is 0 Å². The molecule has 0 unspecified atom stereocenters. The average molecular weight is 308 g/mol. The lowest BCUT2D eigenvalue weighted by Crippen LogP contribution is -2.21. The zero-order valence-corrected chi connectivity index (χ0v) is 14.0. The first-order valence-electron chi connectivity index (χ1n) is 8.77. The SMILES string of the molecule is CCCCCCCCCCc1ccc(OC[C@@H](O)CO)cc1. The summed E-state index contributed by atoms with van der Waals surface area (Å²) < 4.78 is 5.39. The van der Waals surface area contributed by atoms with E-state index in [1.54, 1.807) is 0 Å². The molecular formula is C19H32O3. The van der Waals surface area contributed by atoms with Gasteiger partial charge in [0.2, 0.25) is 0 Å². The highest BCUT2D eigenvalue weighted by Crippen LogP contribution is 2.15. The summed E-state index contributed by atoms with van der Waals surface area (Å²) in [6.07, 6.45) is 11.1. The number of benzene rings is 1. The Bertz CT molecular complexity index is 361. The molecule has 1 rings (SSSR count). The van der Waals surface area contributed by atoms with Gasteiger partial charge in [0.1, 0.15) is 18.5 Å². The van der Waals surface area contributed by atoms with Crippen LogP contribution in [0.3, 0.4) is 0 Å². The minimum atomic E-state index is -0.808. The van der Waals surface area contributed by atoms with Gasteiger partial charge in [0.05, 0.1) is 6.61 Å². The second kappa shape index (κ2) is 12.5. The van der Waals surface area contributed by atoms with Crippen LogP contribution in [0.1, 0.15) is 63.9 Å². The molecule has 0 bridgehead atoms. The number of unbranched alkanes of at least 4 members (excludes halogenated alkanes) is 7. The fraction of sp³-hybridized carbons (Fsp3) is 0.684. The third-order valence-electron chi connectivity index (χ3n) is 3.90.